The van der Waals surface area contributed by atoms with Crippen LogP contribution in [0.2, 0.25) is 0 Å². The molecule has 1 aromatic rings. The number of thioether (sulfide) groups is 1. The van der Waals surface area contributed by atoms with Gasteiger partial charge in [0, 0.05) is 16.6 Å². The summed E-state index contributed by atoms with van der Waals surface area (Å²) in [6.45, 7) is 4.75. The molecule has 2 heteroatoms. The van der Waals surface area contributed by atoms with E-state index in [1.54, 1.807) is 0 Å². The van der Waals surface area contributed by atoms with Crippen LogP contribution in [-0.4, -0.2) is 12.3 Å². The van der Waals surface area contributed by atoms with Crippen molar-refractivity contribution >= 4 is 17.4 Å². The molecule has 0 radical (unpaired) electrons. The lowest BCUT2D eigenvalue weighted by molar-refractivity contribution is 0.341. The smallest absolute Gasteiger partial charge is 0.0480 e. The molecule has 0 aromatic heterocycles. The summed E-state index contributed by atoms with van der Waals surface area (Å²) in [7, 11) is 0. The van der Waals surface area contributed by atoms with Crippen LogP contribution in [0.4, 0.5) is 5.69 Å². The number of nitrogens with one attached hydrogen (secondary N) is 1. The van der Waals surface area contributed by atoms with Crippen LogP contribution in [-0.2, 0) is 0 Å². The van der Waals surface area contributed by atoms with Crippen molar-refractivity contribution in [2.24, 2.45) is 11.8 Å². The van der Waals surface area contributed by atoms with Gasteiger partial charge < -0.3 is 5.32 Å². The van der Waals surface area contributed by atoms with E-state index in [-0.39, 0.29) is 0 Å². The third-order valence-electron chi connectivity index (χ3n) is 4.42. The van der Waals surface area contributed by atoms with E-state index in [0.717, 1.165) is 11.8 Å². The van der Waals surface area contributed by atoms with Gasteiger partial charge >= 0.3 is 0 Å². The van der Waals surface area contributed by atoms with E-state index in [9.17, 15) is 0 Å². The van der Waals surface area contributed by atoms with Crippen LogP contribution in [0.5, 0.6) is 0 Å². The van der Waals surface area contributed by atoms with Gasteiger partial charge in [0.1, 0.15) is 0 Å². The lowest BCUT2D eigenvalue weighted by atomic mass is 9.89. The predicted octanol–water partition coefficient (Wildman–Crippen LogP) is 5.43. The van der Waals surface area contributed by atoms with E-state index in [2.05, 4.69) is 49.7 Å². The van der Waals surface area contributed by atoms with Crippen molar-refractivity contribution in [1.82, 2.24) is 0 Å². The van der Waals surface area contributed by atoms with E-state index in [1.807, 2.05) is 11.8 Å². The number of anilines is 1. The lowest BCUT2D eigenvalue weighted by Gasteiger charge is -2.21. The lowest BCUT2D eigenvalue weighted by Crippen LogP contribution is -2.19. The van der Waals surface area contributed by atoms with E-state index in [4.69, 9.17) is 0 Å². The maximum atomic E-state index is 3.78. The van der Waals surface area contributed by atoms with Gasteiger partial charge in [-0.25, -0.2) is 0 Å². The fourth-order valence-electron chi connectivity index (χ4n) is 3.13. The Kier molecular flexibility index (Phi) is 5.62. The molecule has 0 spiro atoms. The van der Waals surface area contributed by atoms with Crippen LogP contribution in [0.1, 0.15) is 46.0 Å². The average molecular weight is 277 g/mol. The quantitative estimate of drug-likeness (QED) is 0.582. The standard InChI is InChI=1S/C17H27NS/c1-13(2)14-7-6-8-15(12-11-14)18-16-9-4-5-10-17(16)19-3/h4-5,9-10,13-15,18H,6-8,11-12H2,1-3H3. The number of benzene rings is 1. The second-order valence-electron chi connectivity index (χ2n) is 6.05. The van der Waals surface area contributed by atoms with Crippen molar-refractivity contribution in [3.05, 3.63) is 24.3 Å². The van der Waals surface area contributed by atoms with Gasteiger partial charge in [-0.1, -0.05) is 38.8 Å². The molecule has 1 aromatic carbocycles. The molecule has 1 aliphatic rings. The van der Waals surface area contributed by atoms with Gasteiger partial charge in [-0.05, 0) is 49.5 Å². The maximum Gasteiger partial charge on any atom is 0.0480 e. The third kappa shape index (κ3) is 4.17. The van der Waals surface area contributed by atoms with Gasteiger partial charge in [0.15, 0.2) is 0 Å². The minimum atomic E-state index is 0.664. The summed E-state index contributed by atoms with van der Waals surface area (Å²) in [6, 6.07) is 9.35. The second-order valence-corrected chi connectivity index (χ2v) is 6.90. The Bertz CT molecular complexity index is 389. The van der Waals surface area contributed by atoms with Gasteiger partial charge in [0.25, 0.3) is 0 Å². The molecular weight excluding hydrogens is 250 g/mol. The minimum absolute atomic E-state index is 0.664. The first kappa shape index (κ1) is 14.8. The SMILES string of the molecule is CSc1ccccc1NC1CCCC(C(C)C)CC1. The Morgan fingerprint density at radius 3 is 2.63 bits per heavy atom. The maximum absolute atomic E-state index is 3.78. The summed E-state index contributed by atoms with van der Waals surface area (Å²) in [6.07, 6.45) is 8.98. The Labute approximate surface area is 122 Å². The molecule has 1 N–H and O–H groups in total. The normalized spacial score (nSPS) is 24.2. The zero-order valence-corrected chi connectivity index (χ0v) is 13.3. The Hall–Kier alpha value is -0.630. The largest absolute Gasteiger partial charge is 0.381 e. The molecule has 2 atom stereocenters. The monoisotopic (exact) mass is 277 g/mol. The van der Waals surface area contributed by atoms with Gasteiger partial charge in [0.2, 0.25) is 0 Å². The first-order valence-electron chi connectivity index (χ1n) is 7.60. The van der Waals surface area contributed by atoms with Crippen LogP contribution < -0.4 is 5.32 Å². The highest BCUT2D eigenvalue weighted by molar-refractivity contribution is 7.98. The zero-order valence-electron chi connectivity index (χ0n) is 12.5. The van der Waals surface area contributed by atoms with E-state index in [1.165, 1.54) is 42.7 Å². The highest BCUT2D eigenvalue weighted by Crippen LogP contribution is 2.32. The number of para-hydroxylation sites is 1. The minimum Gasteiger partial charge on any atom is -0.381 e. The summed E-state index contributed by atoms with van der Waals surface area (Å²) in [5, 5.41) is 3.78. The summed E-state index contributed by atoms with van der Waals surface area (Å²) in [5.41, 5.74) is 1.32. The van der Waals surface area contributed by atoms with Crippen LogP contribution >= 0.6 is 11.8 Å². The first-order valence-corrected chi connectivity index (χ1v) is 8.82. The topological polar surface area (TPSA) is 12.0 Å². The molecule has 0 amide bonds. The zero-order chi connectivity index (χ0) is 13.7. The fraction of sp³-hybridized carbons (Fsp3) is 0.647. The summed E-state index contributed by atoms with van der Waals surface area (Å²) in [5.74, 6) is 1.78. The third-order valence-corrected chi connectivity index (χ3v) is 5.22. The Morgan fingerprint density at radius 1 is 1.11 bits per heavy atom. The van der Waals surface area contributed by atoms with E-state index < -0.39 is 0 Å². The van der Waals surface area contributed by atoms with Crippen LogP contribution in [0.25, 0.3) is 0 Å². The molecule has 0 heterocycles. The second kappa shape index (κ2) is 7.23. The fourth-order valence-corrected chi connectivity index (χ4v) is 3.69. The highest BCUT2D eigenvalue weighted by atomic mass is 32.2. The molecule has 2 rings (SSSR count). The van der Waals surface area contributed by atoms with Crippen LogP contribution in [0, 0.1) is 11.8 Å². The summed E-state index contributed by atoms with van der Waals surface area (Å²) in [4.78, 5) is 1.37. The molecule has 1 aliphatic carbocycles. The Morgan fingerprint density at radius 2 is 1.89 bits per heavy atom. The summed E-state index contributed by atoms with van der Waals surface area (Å²) < 4.78 is 0. The van der Waals surface area contributed by atoms with Gasteiger partial charge in [-0.2, -0.15) is 0 Å². The molecule has 1 nitrogen and oxygen atoms in total. The molecule has 0 bridgehead atoms. The molecular formula is C17H27NS. The Balaban J connectivity index is 1.96. The van der Waals surface area contributed by atoms with Crippen molar-refractivity contribution in [1.29, 1.82) is 0 Å². The van der Waals surface area contributed by atoms with Gasteiger partial charge in [-0.3, -0.25) is 0 Å². The molecule has 0 aliphatic heterocycles. The number of rotatable bonds is 4. The van der Waals surface area contributed by atoms with Gasteiger partial charge in [-0.15, -0.1) is 11.8 Å². The van der Waals surface area contributed by atoms with E-state index in [0.29, 0.717) is 6.04 Å². The van der Waals surface area contributed by atoms with Crippen molar-refractivity contribution in [3.63, 3.8) is 0 Å². The number of hydrogen-bond donors (Lipinski definition) is 1. The molecule has 1 saturated carbocycles. The van der Waals surface area contributed by atoms with Crippen molar-refractivity contribution in [2.75, 3.05) is 11.6 Å². The predicted molar refractivity (Wildman–Crippen MR) is 87.0 cm³/mol. The van der Waals surface area contributed by atoms with Crippen molar-refractivity contribution < 1.29 is 0 Å². The highest BCUT2D eigenvalue weighted by Gasteiger charge is 2.21. The van der Waals surface area contributed by atoms with Crippen LogP contribution in [0.15, 0.2) is 29.2 Å². The van der Waals surface area contributed by atoms with Gasteiger partial charge in [0.05, 0.1) is 0 Å². The molecule has 106 valence electrons. The summed E-state index contributed by atoms with van der Waals surface area (Å²) >= 11 is 1.83. The number of hydrogen-bond acceptors (Lipinski definition) is 2. The molecule has 1 fully saturated rings. The van der Waals surface area contributed by atoms with Crippen molar-refractivity contribution in [2.45, 2.75) is 56.9 Å². The average Bonchev–Trinajstić information content (AvgIpc) is 2.65. The molecule has 19 heavy (non-hydrogen) atoms. The van der Waals surface area contributed by atoms with Crippen molar-refractivity contribution in [3.8, 4) is 0 Å². The molecule has 0 saturated heterocycles. The first-order chi connectivity index (χ1) is 9.20. The van der Waals surface area contributed by atoms with E-state index >= 15 is 0 Å². The van der Waals surface area contributed by atoms with Crippen LogP contribution in [0.3, 0.4) is 0 Å². The molecule has 2 unspecified atom stereocenters.